The van der Waals surface area contributed by atoms with Crippen molar-refractivity contribution < 1.29 is 4.84 Å². The second kappa shape index (κ2) is 7.40. The molecule has 1 aromatic carbocycles. The van der Waals surface area contributed by atoms with E-state index in [2.05, 4.69) is 24.4 Å². The van der Waals surface area contributed by atoms with Gasteiger partial charge in [0.25, 0.3) is 0 Å². The van der Waals surface area contributed by atoms with Crippen molar-refractivity contribution in [1.29, 1.82) is 0 Å². The Labute approximate surface area is 92.0 Å². The van der Waals surface area contributed by atoms with Gasteiger partial charge in [0.15, 0.2) is 0 Å². The Morgan fingerprint density at radius 3 is 2.33 bits per heavy atom. The Bertz CT molecular complexity index is 247. The van der Waals surface area contributed by atoms with Gasteiger partial charge in [0.05, 0.1) is 6.61 Å². The number of benzene rings is 1. The summed E-state index contributed by atoms with van der Waals surface area (Å²) in [7, 11) is 1.94. The molecule has 0 bridgehead atoms. The van der Waals surface area contributed by atoms with Gasteiger partial charge in [0.1, 0.15) is 0 Å². The summed E-state index contributed by atoms with van der Waals surface area (Å²) in [6.07, 6.45) is 0. The molecule has 1 fully saturated rings. The molecule has 0 atom stereocenters. The highest BCUT2D eigenvalue weighted by Gasteiger charge is 2.12. The fourth-order valence-corrected chi connectivity index (χ4v) is 1.17. The fourth-order valence-electron chi connectivity index (χ4n) is 1.17. The Morgan fingerprint density at radius 2 is 2.00 bits per heavy atom. The number of rotatable bonds is 3. The quantitative estimate of drug-likeness (QED) is 0.813. The van der Waals surface area contributed by atoms with Gasteiger partial charge in [-0.1, -0.05) is 35.9 Å². The summed E-state index contributed by atoms with van der Waals surface area (Å²) in [5, 5.41) is 5.00. The molecule has 2 rings (SSSR count). The lowest BCUT2D eigenvalue weighted by Gasteiger charge is -2.29. The molecule has 0 aromatic heterocycles. The van der Waals surface area contributed by atoms with E-state index in [4.69, 9.17) is 4.84 Å². The first-order valence-electron chi connectivity index (χ1n) is 5.37. The van der Waals surface area contributed by atoms with E-state index in [1.807, 2.05) is 30.3 Å². The topological polar surface area (TPSA) is 24.5 Å². The van der Waals surface area contributed by atoms with Crippen molar-refractivity contribution in [3.05, 3.63) is 35.9 Å². The molecular formula is C12H20N2O. The van der Waals surface area contributed by atoms with E-state index in [-0.39, 0.29) is 0 Å². The summed E-state index contributed by atoms with van der Waals surface area (Å²) in [6, 6.07) is 10.3. The molecule has 0 saturated carbocycles. The highest BCUT2D eigenvalue weighted by atomic mass is 16.7. The van der Waals surface area contributed by atoms with Crippen LogP contribution in [0.1, 0.15) is 5.56 Å². The van der Waals surface area contributed by atoms with Gasteiger partial charge in [-0.25, -0.2) is 0 Å². The first-order chi connectivity index (χ1) is 7.33. The van der Waals surface area contributed by atoms with Gasteiger partial charge in [-0.05, 0) is 14.0 Å². The number of likely N-dealkylation sites (N-methyl/N-ethyl adjacent to an activating group) is 1. The van der Waals surface area contributed by atoms with Crippen molar-refractivity contribution in [3.8, 4) is 0 Å². The highest BCUT2D eigenvalue weighted by Crippen LogP contribution is 1.98. The average Bonchev–Trinajstić information content (AvgIpc) is 2.18. The molecule has 0 spiro atoms. The lowest BCUT2D eigenvalue weighted by molar-refractivity contribution is -0.245. The first-order valence-corrected chi connectivity index (χ1v) is 5.37. The second-order valence-electron chi connectivity index (χ2n) is 3.52. The van der Waals surface area contributed by atoms with Crippen molar-refractivity contribution in [2.75, 3.05) is 33.3 Å². The Morgan fingerprint density at radius 1 is 1.33 bits per heavy atom. The summed E-state index contributed by atoms with van der Waals surface area (Å²) in [6.45, 7) is 6.11. The van der Waals surface area contributed by atoms with E-state index in [1.165, 1.54) is 5.56 Å². The molecule has 3 heteroatoms. The van der Waals surface area contributed by atoms with Crippen LogP contribution in [0.3, 0.4) is 0 Å². The Hall–Kier alpha value is -0.900. The minimum atomic E-state index is 0.906. The van der Waals surface area contributed by atoms with E-state index >= 15 is 0 Å². The van der Waals surface area contributed by atoms with E-state index in [1.54, 1.807) is 0 Å². The van der Waals surface area contributed by atoms with Crippen LogP contribution in [0.15, 0.2) is 30.3 Å². The molecule has 1 aromatic rings. The molecule has 0 unspecified atom stereocenters. The Balaban J connectivity index is 0.000000151. The molecule has 1 aliphatic heterocycles. The Kier molecular flexibility index (Phi) is 6.00. The van der Waals surface area contributed by atoms with Crippen molar-refractivity contribution in [2.45, 2.75) is 6.92 Å². The summed E-state index contributed by atoms with van der Waals surface area (Å²) in [5.41, 5.74) is 1.32. The molecule has 0 radical (unpaired) electrons. The van der Waals surface area contributed by atoms with Gasteiger partial charge in [0, 0.05) is 19.6 Å². The maximum atomic E-state index is 5.03. The SMILES string of the molecule is CNCCN1CCO1.Cc1ccccc1. The number of nitrogens with one attached hydrogen (secondary N) is 1. The number of aryl methyl sites for hydroxylation is 1. The maximum absolute atomic E-state index is 5.03. The third-order valence-corrected chi connectivity index (χ3v) is 2.17. The van der Waals surface area contributed by atoms with Gasteiger partial charge in [-0.2, -0.15) is 5.06 Å². The third-order valence-electron chi connectivity index (χ3n) is 2.17. The van der Waals surface area contributed by atoms with E-state index in [9.17, 15) is 0 Å². The zero-order valence-corrected chi connectivity index (χ0v) is 9.57. The van der Waals surface area contributed by atoms with Crippen LogP contribution >= 0.6 is 0 Å². The number of nitrogens with zero attached hydrogens (tertiary/aromatic N) is 1. The molecule has 84 valence electrons. The zero-order chi connectivity index (χ0) is 10.9. The van der Waals surface area contributed by atoms with Crippen LogP contribution < -0.4 is 5.32 Å². The van der Waals surface area contributed by atoms with Gasteiger partial charge < -0.3 is 5.32 Å². The molecule has 1 saturated heterocycles. The second-order valence-corrected chi connectivity index (χ2v) is 3.52. The van der Waals surface area contributed by atoms with Gasteiger partial charge in [-0.15, -0.1) is 0 Å². The summed E-state index contributed by atoms with van der Waals surface area (Å²) >= 11 is 0. The van der Waals surface area contributed by atoms with Crippen LogP contribution in [-0.2, 0) is 4.84 Å². The first kappa shape index (κ1) is 12.2. The fraction of sp³-hybridized carbons (Fsp3) is 0.500. The van der Waals surface area contributed by atoms with Crippen molar-refractivity contribution in [3.63, 3.8) is 0 Å². The summed E-state index contributed by atoms with van der Waals surface area (Å²) in [5.74, 6) is 0. The number of hydroxylamine groups is 2. The maximum Gasteiger partial charge on any atom is 0.0835 e. The van der Waals surface area contributed by atoms with Gasteiger partial charge in [-0.3, -0.25) is 4.84 Å². The number of hydrogen-bond acceptors (Lipinski definition) is 3. The lowest BCUT2D eigenvalue weighted by atomic mass is 10.2. The van der Waals surface area contributed by atoms with Crippen molar-refractivity contribution in [2.24, 2.45) is 0 Å². The van der Waals surface area contributed by atoms with Crippen LogP contribution in [-0.4, -0.2) is 38.4 Å². The normalized spacial score (nSPS) is 15.1. The van der Waals surface area contributed by atoms with Crippen molar-refractivity contribution in [1.82, 2.24) is 10.4 Å². The zero-order valence-electron chi connectivity index (χ0n) is 9.57. The monoisotopic (exact) mass is 208 g/mol. The summed E-state index contributed by atoms with van der Waals surface area (Å²) in [4.78, 5) is 5.03. The standard InChI is InChI=1S/C7H8.C5H12N2O/c1-7-5-3-2-4-6-7;1-6-2-3-7-4-5-8-7/h2-6H,1H3;6H,2-5H2,1H3. The van der Waals surface area contributed by atoms with Crippen LogP contribution in [0.2, 0.25) is 0 Å². The van der Waals surface area contributed by atoms with Gasteiger partial charge >= 0.3 is 0 Å². The van der Waals surface area contributed by atoms with E-state index in [0.717, 1.165) is 26.2 Å². The third kappa shape index (κ3) is 5.52. The lowest BCUT2D eigenvalue weighted by Crippen LogP contribution is -2.42. The van der Waals surface area contributed by atoms with Crippen LogP contribution in [0.25, 0.3) is 0 Å². The van der Waals surface area contributed by atoms with E-state index < -0.39 is 0 Å². The molecular weight excluding hydrogens is 188 g/mol. The molecule has 1 heterocycles. The minimum Gasteiger partial charge on any atom is -0.318 e. The van der Waals surface area contributed by atoms with Crippen LogP contribution in [0.5, 0.6) is 0 Å². The molecule has 1 N–H and O–H groups in total. The molecule has 0 aliphatic carbocycles. The average molecular weight is 208 g/mol. The van der Waals surface area contributed by atoms with Crippen LogP contribution in [0, 0.1) is 6.92 Å². The predicted octanol–water partition coefficient (Wildman–Crippen LogP) is 1.45. The smallest absolute Gasteiger partial charge is 0.0835 e. The molecule has 3 nitrogen and oxygen atoms in total. The number of hydrogen-bond donors (Lipinski definition) is 1. The van der Waals surface area contributed by atoms with E-state index in [0.29, 0.717) is 0 Å². The highest BCUT2D eigenvalue weighted by molar-refractivity contribution is 5.11. The molecule has 15 heavy (non-hydrogen) atoms. The van der Waals surface area contributed by atoms with Gasteiger partial charge in [0.2, 0.25) is 0 Å². The molecule has 1 aliphatic rings. The molecule has 0 amide bonds. The van der Waals surface area contributed by atoms with Crippen molar-refractivity contribution >= 4 is 0 Å². The summed E-state index contributed by atoms with van der Waals surface area (Å²) < 4.78 is 0. The minimum absolute atomic E-state index is 0.906. The largest absolute Gasteiger partial charge is 0.318 e. The predicted molar refractivity (Wildman–Crippen MR) is 62.6 cm³/mol. The van der Waals surface area contributed by atoms with Crippen LogP contribution in [0.4, 0.5) is 0 Å².